The quantitative estimate of drug-likeness (QED) is 0.500. The Labute approximate surface area is 201 Å². The molecule has 176 valence electrons. The normalized spacial score (nSPS) is 16.1. The van der Waals surface area contributed by atoms with E-state index in [1.54, 1.807) is 11.0 Å². The molecule has 34 heavy (non-hydrogen) atoms. The first kappa shape index (κ1) is 23.7. The molecule has 12 heteroatoms. The largest absolute Gasteiger partial charge is 0.476 e. The van der Waals surface area contributed by atoms with Crippen LogP contribution in [0.15, 0.2) is 24.3 Å². The first-order valence-electron chi connectivity index (χ1n) is 10.4. The van der Waals surface area contributed by atoms with Gasteiger partial charge < -0.3 is 15.3 Å². The van der Waals surface area contributed by atoms with Gasteiger partial charge in [-0.2, -0.15) is 5.26 Å². The molecule has 10 nitrogen and oxygen atoms in total. The molecule has 2 aromatic heterocycles. The maximum atomic E-state index is 11.9. The number of benzene rings is 1. The van der Waals surface area contributed by atoms with Gasteiger partial charge in [-0.05, 0) is 37.6 Å². The number of aryl methyl sites for hydroxylation is 1. The maximum Gasteiger partial charge on any atom is 0.356 e. The Morgan fingerprint density at radius 3 is 2.59 bits per heavy atom. The van der Waals surface area contributed by atoms with Gasteiger partial charge in [0.25, 0.3) is 0 Å². The van der Waals surface area contributed by atoms with Gasteiger partial charge in [0.1, 0.15) is 11.2 Å². The molecule has 3 heterocycles. The van der Waals surface area contributed by atoms with Gasteiger partial charge in [-0.3, -0.25) is 0 Å². The highest BCUT2D eigenvalue weighted by Crippen LogP contribution is 2.31. The van der Waals surface area contributed by atoms with E-state index in [1.165, 1.54) is 6.07 Å². The zero-order chi connectivity index (χ0) is 24.6. The minimum Gasteiger partial charge on any atom is -0.476 e. The number of hydrogen-bond acceptors (Lipinski definition) is 9. The average Bonchev–Trinajstić information content (AvgIpc) is 2.78. The third kappa shape index (κ3) is 4.73. The highest BCUT2D eigenvalue weighted by Gasteiger charge is 2.26. The van der Waals surface area contributed by atoms with Gasteiger partial charge >= 0.3 is 5.97 Å². The molecule has 1 saturated heterocycles. The molecule has 0 amide bonds. The van der Waals surface area contributed by atoms with Crippen molar-refractivity contribution in [3.05, 3.63) is 51.9 Å². The van der Waals surface area contributed by atoms with Crippen molar-refractivity contribution in [2.75, 3.05) is 34.8 Å². The second-order valence-corrected chi connectivity index (χ2v) is 10.8. The Bertz CT molecular complexity index is 1440. The lowest BCUT2D eigenvalue weighted by atomic mass is 10.0. The summed E-state index contributed by atoms with van der Waals surface area (Å²) in [6.45, 7) is 4.19. The monoisotopic (exact) mass is 500 g/mol. The van der Waals surface area contributed by atoms with Crippen molar-refractivity contribution in [2.24, 2.45) is 0 Å². The molecule has 1 aromatic carbocycles. The number of anilines is 2. The van der Waals surface area contributed by atoms with Crippen molar-refractivity contribution in [3.63, 3.8) is 0 Å². The third-order valence-corrected chi connectivity index (χ3v) is 7.40. The van der Waals surface area contributed by atoms with Crippen molar-refractivity contribution in [3.8, 4) is 6.07 Å². The number of nitrogens with one attached hydrogen (secondary N) is 1. The van der Waals surface area contributed by atoms with Crippen LogP contribution in [0.5, 0.6) is 0 Å². The van der Waals surface area contributed by atoms with E-state index in [0.717, 1.165) is 11.1 Å². The van der Waals surface area contributed by atoms with Gasteiger partial charge in [0.2, 0.25) is 0 Å². The fourth-order valence-electron chi connectivity index (χ4n) is 3.90. The number of carbonyl (C=O) groups is 1. The smallest absolute Gasteiger partial charge is 0.356 e. The van der Waals surface area contributed by atoms with Crippen LogP contribution in [0.25, 0.3) is 11.0 Å². The van der Waals surface area contributed by atoms with E-state index >= 15 is 0 Å². The van der Waals surface area contributed by atoms with E-state index < -0.39 is 21.8 Å². The summed E-state index contributed by atoms with van der Waals surface area (Å²) >= 11 is 5.86. The highest BCUT2D eigenvalue weighted by atomic mass is 35.5. The molecule has 0 radical (unpaired) electrons. The molecular formula is C22H21ClN6O4S. The highest BCUT2D eigenvalue weighted by molar-refractivity contribution is 7.91. The van der Waals surface area contributed by atoms with Crippen molar-refractivity contribution >= 4 is 49.9 Å². The molecule has 3 aromatic rings. The topological polar surface area (TPSA) is 149 Å². The number of sulfone groups is 1. The first-order chi connectivity index (χ1) is 16.1. The Morgan fingerprint density at radius 1 is 1.24 bits per heavy atom. The minimum absolute atomic E-state index is 0.0160. The number of nitriles is 1. The molecule has 1 atom stereocenters. The van der Waals surface area contributed by atoms with Gasteiger partial charge in [0.05, 0.1) is 34.3 Å². The number of carboxylic acids is 1. The fourth-order valence-corrected chi connectivity index (χ4v) is 5.25. The van der Waals surface area contributed by atoms with Gasteiger partial charge in [-0.15, -0.1) is 0 Å². The summed E-state index contributed by atoms with van der Waals surface area (Å²) in [6, 6.07) is 8.44. The van der Waals surface area contributed by atoms with Crippen molar-refractivity contribution in [1.29, 1.82) is 5.26 Å². The second-order valence-electron chi connectivity index (χ2n) is 8.07. The van der Waals surface area contributed by atoms with Crippen molar-refractivity contribution in [2.45, 2.75) is 19.9 Å². The Hall–Kier alpha value is -3.49. The number of aromatic carboxylic acids is 1. The Morgan fingerprint density at radius 2 is 1.94 bits per heavy atom. The summed E-state index contributed by atoms with van der Waals surface area (Å²) in [5.41, 5.74) is 2.89. The summed E-state index contributed by atoms with van der Waals surface area (Å²) in [7, 11) is -3.11. The number of carboxylic acid groups (broad SMARTS) is 1. The summed E-state index contributed by atoms with van der Waals surface area (Å²) in [5, 5.41) is 22.4. The van der Waals surface area contributed by atoms with Crippen LogP contribution in [0.2, 0.25) is 5.15 Å². The van der Waals surface area contributed by atoms with Crippen LogP contribution >= 0.6 is 11.6 Å². The van der Waals surface area contributed by atoms with Crippen LogP contribution < -0.4 is 10.2 Å². The predicted molar refractivity (Wildman–Crippen MR) is 128 cm³/mol. The van der Waals surface area contributed by atoms with Crippen LogP contribution in [-0.4, -0.2) is 59.0 Å². The molecule has 0 bridgehead atoms. The number of aromatic nitrogens is 3. The van der Waals surface area contributed by atoms with E-state index in [2.05, 4.69) is 21.4 Å². The second kappa shape index (κ2) is 9.04. The zero-order valence-corrected chi connectivity index (χ0v) is 20.0. The van der Waals surface area contributed by atoms with E-state index in [-0.39, 0.29) is 41.1 Å². The molecule has 4 rings (SSSR count). The van der Waals surface area contributed by atoms with Gasteiger partial charge in [0, 0.05) is 18.7 Å². The lowest BCUT2D eigenvalue weighted by Gasteiger charge is -2.28. The van der Waals surface area contributed by atoms with Crippen LogP contribution in [0.1, 0.15) is 40.3 Å². The van der Waals surface area contributed by atoms with Gasteiger partial charge in [-0.1, -0.05) is 17.7 Å². The number of nitrogens with zero attached hydrogens (tertiary/aromatic N) is 5. The third-order valence-electron chi connectivity index (χ3n) is 5.58. The van der Waals surface area contributed by atoms with Crippen molar-refractivity contribution < 1.29 is 18.3 Å². The Kier molecular flexibility index (Phi) is 6.29. The predicted octanol–water partition coefficient (Wildman–Crippen LogP) is 2.96. The number of pyridine rings is 1. The molecular weight excluding hydrogens is 480 g/mol. The minimum atomic E-state index is -3.11. The van der Waals surface area contributed by atoms with Crippen molar-refractivity contribution in [1.82, 2.24) is 15.0 Å². The SMILES string of the molecule is Cc1cc([C@@H](C)Nc2ccc(Cl)nc2C(=O)O)c2nc(N3CCS(=O)(=O)CC3)c(C#N)nc2c1. The van der Waals surface area contributed by atoms with Gasteiger partial charge in [0.15, 0.2) is 27.0 Å². The summed E-state index contributed by atoms with van der Waals surface area (Å²) in [6.07, 6.45) is 0. The molecule has 0 spiro atoms. The molecule has 1 aliphatic rings. The summed E-state index contributed by atoms with van der Waals surface area (Å²) in [4.78, 5) is 26.5. The molecule has 1 aliphatic heterocycles. The van der Waals surface area contributed by atoms with Crippen LogP contribution in [-0.2, 0) is 9.84 Å². The van der Waals surface area contributed by atoms with Crippen LogP contribution in [0, 0.1) is 18.3 Å². The molecule has 0 aliphatic carbocycles. The lowest BCUT2D eigenvalue weighted by Crippen LogP contribution is -2.41. The fraction of sp³-hybridized carbons (Fsp3) is 0.318. The maximum absolute atomic E-state index is 11.9. The van der Waals surface area contributed by atoms with E-state index in [9.17, 15) is 23.6 Å². The standard InChI is InChI=1S/C22H21ClN6O4S/c1-12-9-14(13(2)25-15-3-4-18(23)27-20(15)22(30)31)19-16(10-12)26-17(11-24)21(28-19)29-5-7-34(32,33)8-6-29/h3-4,9-10,13,25H,5-8H2,1-2H3,(H,30,31)/t13-/m1/s1. The number of hydrogen-bond donors (Lipinski definition) is 2. The number of rotatable bonds is 5. The van der Waals surface area contributed by atoms with Crippen LogP contribution in [0.4, 0.5) is 11.5 Å². The zero-order valence-electron chi connectivity index (χ0n) is 18.4. The van der Waals surface area contributed by atoms with E-state index in [4.69, 9.17) is 16.6 Å². The molecule has 1 fully saturated rings. The average molecular weight is 501 g/mol. The summed E-state index contributed by atoms with van der Waals surface area (Å²) in [5.74, 6) is -0.913. The van der Waals surface area contributed by atoms with Gasteiger partial charge in [-0.25, -0.2) is 28.2 Å². The molecule has 0 saturated carbocycles. The number of halogens is 1. The lowest BCUT2D eigenvalue weighted by molar-refractivity contribution is 0.0691. The first-order valence-corrected chi connectivity index (χ1v) is 12.6. The van der Waals surface area contributed by atoms with E-state index in [0.29, 0.717) is 22.5 Å². The van der Waals surface area contributed by atoms with Crippen LogP contribution in [0.3, 0.4) is 0 Å². The Balaban J connectivity index is 1.79. The summed E-state index contributed by atoms with van der Waals surface area (Å²) < 4.78 is 23.7. The number of fused-ring (bicyclic) bond motifs is 1. The van der Waals surface area contributed by atoms with E-state index in [1.807, 2.05) is 26.0 Å². The molecule has 2 N–H and O–H groups in total. The molecule has 0 unspecified atom stereocenters.